The van der Waals surface area contributed by atoms with Crippen molar-refractivity contribution in [1.82, 2.24) is 5.32 Å². The van der Waals surface area contributed by atoms with Gasteiger partial charge in [-0.3, -0.25) is 9.59 Å². The maximum atomic E-state index is 12.4. The molecule has 0 aliphatic rings. The molecule has 2 aromatic rings. The number of carbonyl (C=O) groups excluding carboxylic acids is 3. The zero-order valence-electron chi connectivity index (χ0n) is 16.5. The Morgan fingerprint density at radius 2 is 1.60 bits per heavy atom. The summed E-state index contributed by atoms with van der Waals surface area (Å²) in [5.41, 5.74) is 0.706. The van der Waals surface area contributed by atoms with Gasteiger partial charge in [0.05, 0.1) is 4.90 Å². The summed E-state index contributed by atoms with van der Waals surface area (Å²) in [5, 5.41) is 10.1. The number of anilines is 1. The quantitative estimate of drug-likeness (QED) is 0.535. The molecule has 9 nitrogen and oxygen atoms in total. The maximum Gasteiger partial charge on any atom is 0.329 e. The van der Waals surface area contributed by atoms with Gasteiger partial charge in [0.15, 0.2) is 6.61 Å². The molecule has 0 unspecified atom stereocenters. The molecule has 30 heavy (non-hydrogen) atoms. The van der Waals surface area contributed by atoms with Crippen LogP contribution in [-0.4, -0.2) is 38.9 Å². The fourth-order valence-corrected chi connectivity index (χ4v) is 2.98. The van der Waals surface area contributed by atoms with Gasteiger partial charge in [-0.05, 0) is 42.3 Å². The summed E-state index contributed by atoms with van der Waals surface area (Å²) in [6.45, 7) is 2.91. The number of benzene rings is 2. The third kappa shape index (κ3) is 6.68. The minimum Gasteiger partial charge on any atom is -0.454 e. The highest BCUT2D eigenvalue weighted by molar-refractivity contribution is 7.89. The zero-order chi connectivity index (χ0) is 22.3. The van der Waals surface area contributed by atoms with Gasteiger partial charge in [-0.2, -0.15) is 0 Å². The van der Waals surface area contributed by atoms with Gasteiger partial charge < -0.3 is 15.4 Å². The molecule has 1 atom stereocenters. The van der Waals surface area contributed by atoms with Crippen LogP contribution in [0.3, 0.4) is 0 Å². The Labute approximate surface area is 174 Å². The van der Waals surface area contributed by atoms with Crippen molar-refractivity contribution in [2.75, 3.05) is 11.9 Å². The highest BCUT2D eigenvalue weighted by atomic mass is 32.2. The molecule has 0 aromatic heterocycles. The average Bonchev–Trinajstić information content (AvgIpc) is 2.70. The van der Waals surface area contributed by atoms with Crippen LogP contribution < -0.4 is 15.8 Å². The Bertz CT molecular complexity index is 1000. The third-order valence-electron chi connectivity index (χ3n) is 4.06. The first kappa shape index (κ1) is 23.0. The van der Waals surface area contributed by atoms with Crippen LogP contribution in [0.5, 0.6) is 0 Å². The number of nitrogens with one attached hydrogen (secondary N) is 2. The van der Waals surface area contributed by atoms with Crippen LogP contribution in [0.2, 0.25) is 0 Å². The molecule has 0 saturated carbocycles. The number of hydrogen-bond acceptors (Lipinski definition) is 6. The molecule has 2 amide bonds. The van der Waals surface area contributed by atoms with E-state index in [1.54, 1.807) is 44.2 Å². The average molecular weight is 433 g/mol. The molecule has 0 saturated heterocycles. The molecule has 0 bridgehead atoms. The summed E-state index contributed by atoms with van der Waals surface area (Å²) < 4.78 is 27.5. The normalized spacial score (nSPS) is 12.1. The predicted octanol–water partition coefficient (Wildman–Crippen LogP) is 1.27. The topological polar surface area (TPSA) is 145 Å². The highest BCUT2D eigenvalue weighted by Gasteiger charge is 2.26. The smallest absolute Gasteiger partial charge is 0.329 e. The molecule has 0 fully saturated rings. The zero-order valence-corrected chi connectivity index (χ0v) is 17.3. The Balaban J connectivity index is 1.91. The lowest BCUT2D eigenvalue weighted by Gasteiger charge is -2.20. The van der Waals surface area contributed by atoms with E-state index in [9.17, 15) is 22.8 Å². The van der Waals surface area contributed by atoms with Crippen molar-refractivity contribution in [2.24, 2.45) is 11.1 Å². The van der Waals surface area contributed by atoms with Crippen LogP contribution in [0.4, 0.5) is 5.69 Å². The molecule has 10 heteroatoms. The van der Waals surface area contributed by atoms with E-state index in [0.29, 0.717) is 11.3 Å². The maximum absolute atomic E-state index is 12.4. The minimum atomic E-state index is -3.83. The summed E-state index contributed by atoms with van der Waals surface area (Å²) in [6, 6.07) is 12.7. The van der Waals surface area contributed by atoms with Crippen molar-refractivity contribution in [2.45, 2.75) is 24.8 Å². The number of amides is 2. The van der Waals surface area contributed by atoms with E-state index in [2.05, 4.69) is 10.6 Å². The van der Waals surface area contributed by atoms with Crippen molar-refractivity contribution >= 4 is 33.5 Å². The first-order valence-electron chi connectivity index (χ1n) is 9.03. The van der Waals surface area contributed by atoms with Crippen molar-refractivity contribution in [3.8, 4) is 0 Å². The molecule has 160 valence electrons. The summed E-state index contributed by atoms with van der Waals surface area (Å²) in [6.07, 6.45) is 0. The lowest BCUT2D eigenvalue weighted by atomic mass is 10.0. The van der Waals surface area contributed by atoms with Gasteiger partial charge in [-0.15, -0.1) is 0 Å². The predicted molar refractivity (Wildman–Crippen MR) is 110 cm³/mol. The van der Waals surface area contributed by atoms with Crippen LogP contribution in [0, 0.1) is 5.92 Å². The highest BCUT2D eigenvalue weighted by Crippen LogP contribution is 2.13. The van der Waals surface area contributed by atoms with E-state index in [-0.39, 0.29) is 10.8 Å². The number of ether oxygens (including phenoxy) is 1. The number of rotatable bonds is 8. The van der Waals surface area contributed by atoms with Gasteiger partial charge in [0, 0.05) is 11.3 Å². The molecule has 0 aliphatic carbocycles. The van der Waals surface area contributed by atoms with Crippen LogP contribution in [-0.2, 0) is 24.3 Å². The summed E-state index contributed by atoms with van der Waals surface area (Å²) in [7, 11) is -3.83. The largest absolute Gasteiger partial charge is 0.454 e. The molecule has 2 rings (SSSR count). The number of hydrogen-bond donors (Lipinski definition) is 3. The van der Waals surface area contributed by atoms with Gasteiger partial charge in [-0.1, -0.05) is 32.0 Å². The number of carbonyl (C=O) groups is 3. The van der Waals surface area contributed by atoms with Crippen LogP contribution in [0.15, 0.2) is 59.5 Å². The first-order valence-corrected chi connectivity index (χ1v) is 10.6. The molecule has 2 aromatic carbocycles. The second kappa shape index (κ2) is 9.99. The lowest BCUT2D eigenvalue weighted by Crippen LogP contribution is -2.45. The van der Waals surface area contributed by atoms with Gasteiger partial charge >= 0.3 is 5.97 Å². The van der Waals surface area contributed by atoms with Gasteiger partial charge in [-0.25, -0.2) is 18.4 Å². The number of primary sulfonamides is 1. The molecule has 0 spiro atoms. The molecule has 0 heterocycles. The third-order valence-corrected chi connectivity index (χ3v) is 4.98. The van der Waals surface area contributed by atoms with Crippen molar-refractivity contribution in [3.63, 3.8) is 0 Å². The lowest BCUT2D eigenvalue weighted by molar-refractivity contribution is -0.150. The Morgan fingerprint density at radius 1 is 1.00 bits per heavy atom. The van der Waals surface area contributed by atoms with E-state index < -0.39 is 40.5 Å². The number of nitrogens with two attached hydrogens (primary N) is 1. The minimum absolute atomic E-state index is 0.0964. The van der Waals surface area contributed by atoms with Crippen molar-refractivity contribution in [1.29, 1.82) is 0 Å². The van der Waals surface area contributed by atoms with Crippen molar-refractivity contribution in [3.05, 3.63) is 60.2 Å². The van der Waals surface area contributed by atoms with Crippen LogP contribution in [0.25, 0.3) is 0 Å². The molecule has 0 aliphatic heterocycles. The van der Waals surface area contributed by atoms with Crippen molar-refractivity contribution < 1.29 is 27.5 Å². The Kier molecular flexibility index (Phi) is 7.67. The van der Waals surface area contributed by atoms with Crippen LogP contribution in [0.1, 0.15) is 24.2 Å². The van der Waals surface area contributed by atoms with Gasteiger partial charge in [0.2, 0.25) is 10.0 Å². The van der Waals surface area contributed by atoms with E-state index in [4.69, 9.17) is 9.88 Å². The molecule has 0 radical (unpaired) electrons. The van der Waals surface area contributed by atoms with Crippen LogP contribution >= 0.6 is 0 Å². The fourth-order valence-electron chi connectivity index (χ4n) is 2.46. The van der Waals surface area contributed by atoms with E-state index >= 15 is 0 Å². The monoisotopic (exact) mass is 433 g/mol. The summed E-state index contributed by atoms with van der Waals surface area (Å²) >= 11 is 0. The number of esters is 1. The van der Waals surface area contributed by atoms with E-state index in [0.717, 1.165) is 0 Å². The molecular formula is C20H23N3O6S. The van der Waals surface area contributed by atoms with E-state index in [1.807, 2.05) is 0 Å². The Hall–Kier alpha value is -3.24. The number of sulfonamides is 1. The Morgan fingerprint density at radius 3 is 2.13 bits per heavy atom. The first-order chi connectivity index (χ1) is 14.1. The summed E-state index contributed by atoms with van der Waals surface area (Å²) in [4.78, 5) is 36.6. The fraction of sp³-hybridized carbons (Fsp3) is 0.250. The second-order valence-electron chi connectivity index (χ2n) is 6.79. The van der Waals surface area contributed by atoms with Gasteiger partial charge in [0.1, 0.15) is 6.04 Å². The molecule has 4 N–H and O–H groups in total. The standard InChI is InChI=1S/C20H23N3O6S/c1-13(2)18(23-19(25)14-6-4-3-5-7-14)20(26)29-12-17(24)22-15-8-10-16(11-9-15)30(21,27)28/h3-11,13,18H,12H2,1-2H3,(H,22,24)(H,23,25)(H2,21,27,28)/t18-/m0/s1. The molecular weight excluding hydrogens is 410 g/mol. The second-order valence-corrected chi connectivity index (χ2v) is 8.35. The van der Waals surface area contributed by atoms with Gasteiger partial charge in [0.25, 0.3) is 11.8 Å². The summed E-state index contributed by atoms with van der Waals surface area (Å²) in [5.74, 6) is -2.05. The SMILES string of the molecule is CC(C)[C@H](NC(=O)c1ccccc1)C(=O)OCC(=O)Nc1ccc(S(N)(=O)=O)cc1. The van der Waals surface area contributed by atoms with E-state index in [1.165, 1.54) is 24.3 Å².